The number of hydrogen-bond donors (Lipinski definition) is 1. The topological polar surface area (TPSA) is 42.7 Å². The maximum Gasteiger partial charge on any atom is 0.151 e. The third-order valence-electron chi connectivity index (χ3n) is 2.51. The normalized spacial score (nSPS) is 10.6. The molecule has 0 bridgehead atoms. The number of nitrogens with zero attached hydrogens (tertiary/aromatic N) is 3. The molecule has 0 amide bonds. The highest BCUT2D eigenvalue weighted by Crippen LogP contribution is 2.24. The van der Waals surface area contributed by atoms with Crippen molar-refractivity contribution in [1.29, 1.82) is 0 Å². The van der Waals surface area contributed by atoms with E-state index in [0.29, 0.717) is 11.0 Å². The summed E-state index contributed by atoms with van der Waals surface area (Å²) in [6.07, 6.45) is 1.64. The van der Waals surface area contributed by atoms with Crippen LogP contribution < -0.4 is 5.32 Å². The zero-order valence-electron chi connectivity index (χ0n) is 9.54. The molecule has 0 atom stereocenters. The van der Waals surface area contributed by atoms with Crippen LogP contribution in [0.2, 0.25) is 0 Å². The lowest BCUT2D eigenvalue weighted by Crippen LogP contribution is -2.06. The van der Waals surface area contributed by atoms with Crippen molar-refractivity contribution in [2.45, 2.75) is 13.5 Å². The molecule has 2 aromatic rings. The number of rotatable bonds is 3. The SMILES string of the molecule is Cc1cc(F)c(Br)cc1NCc1nncn1C. The van der Waals surface area contributed by atoms with Gasteiger partial charge in [0, 0.05) is 12.7 Å². The summed E-state index contributed by atoms with van der Waals surface area (Å²) in [6, 6.07) is 3.21. The molecule has 1 aromatic heterocycles. The van der Waals surface area contributed by atoms with E-state index in [1.54, 1.807) is 12.4 Å². The number of anilines is 1. The van der Waals surface area contributed by atoms with E-state index < -0.39 is 0 Å². The Balaban J connectivity index is 2.14. The highest BCUT2D eigenvalue weighted by Gasteiger charge is 2.06. The van der Waals surface area contributed by atoms with Gasteiger partial charge in [0.1, 0.15) is 12.1 Å². The van der Waals surface area contributed by atoms with E-state index in [4.69, 9.17) is 0 Å². The van der Waals surface area contributed by atoms with Gasteiger partial charge in [-0.3, -0.25) is 0 Å². The van der Waals surface area contributed by atoms with Gasteiger partial charge in [0.05, 0.1) is 11.0 Å². The Hall–Kier alpha value is -1.43. The zero-order chi connectivity index (χ0) is 12.4. The smallest absolute Gasteiger partial charge is 0.151 e. The predicted molar refractivity (Wildman–Crippen MR) is 67.2 cm³/mol. The Bertz CT molecular complexity index is 538. The Morgan fingerprint density at radius 2 is 2.24 bits per heavy atom. The van der Waals surface area contributed by atoms with Crippen LogP contribution in [-0.2, 0) is 13.6 Å². The van der Waals surface area contributed by atoms with Gasteiger partial charge in [-0.15, -0.1) is 10.2 Å². The molecule has 1 N–H and O–H groups in total. The van der Waals surface area contributed by atoms with Gasteiger partial charge in [-0.1, -0.05) is 0 Å². The minimum absolute atomic E-state index is 0.258. The molecule has 0 saturated heterocycles. The molecular formula is C11H12BrFN4. The van der Waals surface area contributed by atoms with E-state index >= 15 is 0 Å². The molecule has 0 saturated carbocycles. The molecule has 1 aromatic carbocycles. The molecule has 0 fully saturated rings. The van der Waals surface area contributed by atoms with Crippen molar-refractivity contribution in [2.24, 2.45) is 7.05 Å². The third-order valence-corrected chi connectivity index (χ3v) is 3.12. The van der Waals surface area contributed by atoms with E-state index in [1.165, 1.54) is 6.07 Å². The van der Waals surface area contributed by atoms with Gasteiger partial charge in [-0.05, 0) is 40.5 Å². The molecule has 4 nitrogen and oxygen atoms in total. The zero-order valence-corrected chi connectivity index (χ0v) is 11.1. The lowest BCUT2D eigenvalue weighted by molar-refractivity contribution is 0.620. The third kappa shape index (κ3) is 2.63. The molecule has 0 spiro atoms. The van der Waals surface area contributed by atoms with E-state index in [-0.39, 0.29) is 5.82 Å². The molecule has 0 aliphatic heterocycles. The van der Waals surface area contributed by atoms with Crippen LogP contribution in [0.25, 0.3) is 0 Å². The van der Waals surface area contributed by atoms with Crippen LogP contribution in [0.4, 0.5) is 10.1 Å². The van der Waals surface area contributed by atoms with Crippen molar-refractivity contribution >= 4 is 21.6 Å². The summed E-state index contributed by atoms with van der Waals surface area (Å²) >= 11 is 3.17. The summed E-state index contributed by atoms with van der Waals surface area (Å²) in [4.78, 5) is 0. The second-order valence-corrected chi connectivity index (χ2v) is 4.65. The molecule has 0 aliphatic rings. The second-order valence-electron chi connectivity index (χ2n) is 3.79. The van der Waals surface area contributed by atoms with Gasteiger partial charge in [-0.25, -0.2) is 4.39 Å². The highest BCUT2D eigenvalue weighted by molar-refractivity contribution is 9.10. The highest BCUT2D eigenvalue weighted by atomic mass is 79.9. The Morgan fingerprint density at radius 3 is 2.88 bits per heavy atom. The summed E-state index contributed by atoms with van der Waals surface area (Å²) in [5.41, 5.74) is 1.73. The summed E-state index contributed by atoms with van der Waals surface area (Å²) in [6.45, 7) is 2.41. The minimum atomic E-state index is -0.258. The van der Waals surface area contributed by atoms with Crippen LogP contribution in [0.3, 0.4) is 0 Å². The number of nitrogens with one attached hydrogen (secondary N) is 1. The molecule has 1 heterocycles. The van der Waals surface area contributed by atoms with Crippen molar-refractivity contribution in [1.82, 2.24) is 14.8 Å². The van der Waals surface area contributed by atoms with Crippen LogP contribution >= 0.6 is 15.9 Å². The Kier molecular flexibility index (Phi) is 3.42. The molecule has 90 valence electrons. The van der Waals surface area contributed by atoms with Crippen molar-refractivity contribution in [3.05, 3.63) is 40.1 Å². The van der Waals surface area contributed by atoms with Crippen molar-refractivity contribution in [2.75, 3.05) is 5.32 Å². The summed E-state index contributed by atoms with van der Waals surface area (Å²) < 4.78 is 15.5. The minimum Gasteiger partial charge on any atom is -0.377 e. The van der Waals surface area contributed by atoms with Crippen LogP contribution in [0.5, 0.6) is 0 Å². The lowest BCUT2D eigenvalue weighted by Gasteiger charge is -2.10. The number of aryl methyl sites for hydroxylation is 2. The first-order valence-corrected chi connectivity index (χ1v) is 5.89. The molecular weight excluding hydrogens is 287 g/mol. The molecule has 2 rings (SSSR count). The maximum absolute atomic E-state index is 13.2. The van der Waals surface area contributed by atoms with Crippen LogP contribution in [0.1, 0.15) is 11.4 Å². The van der Waals surface area contributed by atoms with Gasteiger partial charge in [0.25, 0.3) is 0 Å². The second kappa shape index (κ2) is 4.83. The molecule has 17 heavy (non-hydrogen) atoms. The number of benzene rings is 1. The largest absolute Gasteiger partial charge is 0.377 e. The van der Waals surface area contributed by atoms with Crippen LogP contribution in [0.15, 0.2) is 22.9 Å². The van der Waals surface area contributed by atoms with E-state index in [1.807, 2.05) is 18.5 Å². The quantitative estimate of drug-likeness (QED) is 0.947. The average molecular weight is 299 g/mol. The van der Waals surface area contributed by atoms with E-state index in [0.717, 1.165) is 17.1 Å². The first kappa shape index (κ1) is 12.0. The summed E-state index contributed by atoms with van der Waals surface area (Å²) in [7, 11) is 1.88. The average Bonchev–Trinajstić information content (AvgIpc) is 2.68. The fourth-order valence-electron chi connectivity index (χ4n) is 1.48. The van der Waals surface area contributed by atoms with Crippen molar-refractivity contribution in [3.63, 3.8) is 0 Å². The first-order chi connectivity index (χ1) is 8.08. The lowest BCUT2D eigenvalue weighted by atomic mass is 10.2. The van der Waals surface area contributed by atoms with Gasteiger partial charge in [0.15, 0.2) is 5.82 Å². The number of halogens is 2. The Labute approximate surface area is 107 Å². The fourth-order valence-corrected chi connectivity index (χ4v) is 1.82. The van der Waals surface area contributed by atoms with Gasteiger partial charge in [0.2, 0.25) is 0 Å². The first-order valence-electron chi connectivity index (χ1n) is 5.10. The Morgan fingerprint density at radius 1 is 1.47 bits per heavy atom. The van der Waals surface area contributed by atoms with Crippen LogP contribution in [-0.4, -0.2) is 14.8 Å². The predicted octanol–water partition coefficient (Wildman–Crippen LogP) is 2.64. The van der Waals surface area contributed by atoms with E-state index in [2.05, 4.69) is 31.4 Å². The van der Waals surface area contributed by atoms with Gasteiger partial charge < -0.3 is 9.88 Å². The molecule has 0 radical (unpaired) electrons. The van der Waals surface area contributed by atoms with Crippen molar-refractivity contribution < 1.29 is 4.39 Å². The van der Waals surface area contributed by atoms with Gasteiger partial charge >= 0.3 is 0 Å². The summed E-state index contributed by atoms with van der Waals surface area (Å²) in [5.74, 6) is 0.566. The standard InChI is InChI=1S/C11H12BrFN4/c1-7-3-9(13)8(12)4-10(7)14-5-11-16-15-6-17(11)2/h3-4,6,14H,5H2,1-2H3. The molecule has 6 heteroatoms. The van der Waals surface area contributed by atoms with Gasteiger partial charge in [-0.2, -0.15) is 0 Å². The number of hydrogen-bond acceptors (Lipinski definition) is 3. The molecule has 0 aliphatic carbocycles. The number of aromatic nitrogens is 3. The maximum atomic E-state index is 13.2. The summed E-state index contributed by atoms with van der Waals surface area (Å²) in [5, 5.41) is 11.0. The van der Waals surface area contributed by atoms with Crippen molar-refractivity contribution in [3.8, 4) is 0 Å². The van der Waals surface area contributed by atoms with E-state index in [9.17, 15) is 4.39 Å². The van der Waals surface area contributed by atoms with Crippen LogP contribution in [0, 0.1) is 12.7 Å². The molecule has 0 unspecified atom stereocenters. The fraction of sp³-hybridized carbons (Fsp3) is 0.273. The monoisotopic (exact) mass is 298 g/mol.